The van der Waals surface area contributed by atoms with E-state index in [4.69, 9.17) is 0 Å². The molecule has 1 aromatic rings. The zero-order chi connectivity index (χ0) is 23.0. The van der Waals surface area contributed by atoms with Gasteiger partial charge in [-0.25, -0.2) is 0 Å². The van der Waals surface area contributed by atoms with Crippen molar-refractivity contribution >= 4 is 5.91 Å². The Hall–Kier alpha value is -2.43. The van der Waals surface area contributed by atoms with Crippen LogP contribution in [0.1, 0.15) is 32.8 Å². The molecule has 2 fully saturated rings. The maximum absolute atomic E-state index is 13.8. The normalized spacial score (nSPS) is 39.5. The third kappa shape index (κ3) is 3.70. The van der Waals surface area contributed by atoms with Gasteiger partial charge in [-0.2, -0.15) is 0 Å². The van der Waals surface area contributed by atoms with Crippen molar-refractivity contribution in [2.24, 2.45) is 29.1 Å². The van der Waals surface area contributed by atoms with Crippen molar-refractivity contribution in [2.45, 2.75) is 51.9 Å². The summed E-state index contributed by atoms with van der Waals surface area (Å²) < 4.78 is 0. The number of allylic oxidation sites excluding steroid dienone is 4. The molecule has 1 spiro atoms. The van der Waals surface area contributed by atoms with Crippen LogP contribution in [-0.4, -0.2) is 34.4 Å². The van der Waals surface area contributed by atoms with Crippen LogP contribution in [0.5, 0.6) is 0 Å². The Morgan fingerprint density at radius 3 is 2.59 bits per heavy atom. The minimum Gasteiger partial charge on any atom is -0.388 e. The number of carbonyl (C=O) groups is 1. The molecule has 1 amide bonds. The lowest BCUT2D eigenvalue weighted by Gasteiger charge is -2.51. The van der Waals surface area contributed by atoms with Crippen LogP contribution >= 0.6 is 0 Å². The smallest absolute Gasteiger partial charge is 0.230 e. The highest BCUT2D eigenvalue weighted by atomic mass is 16.3. The summed E-state index contributed by atoms with van der Waals surface area (Å²) in [5.41, 5.74) is 1.79. The Morgan fingerprint density at radius 1 is 1.16 bits per heavy atom. The number of hydrogen-bond donors (Lipinski definition) is 3. The first-order valence-electron chi connectivity index (χ1n) is 11.7. The van der Waals surface area contributed by atoms with Crippen LogP contribution in [-0.2, 0) is 11.2 Å². The monoisotopic (exact) mass is 433 g/mol. The van der Waals surface area contributed by atoms with E-state index in [-0.39, 0.29) is 23.8 Å². The van der Waals surface area contributed by atoms with Crippen molar-refractivity contribution in [3.05, 3.63) is 84.0 Å². The number of carbonyl (C=O) groups excluding carboxylic acids is 1. The number of aliphatic hydroxyl groups is 2. The maximum Gasteiger partial charge on any atom is 0.230 e. The number of hydrogen-bond acceptors (Lipinski definition) is 3. The SMILES string of the molecule is C=C1C(C)C2C(Cc3ccccc3)NC(=O)C23C(O)C=CC(C)=CC(C)CC=CC3C1O. The van der Waals surface area contributed by atoms with Crippen LogP contribution in [0.15, 0.2) is 78.4 Å². The molecule has 170 valence electrons. The van der Waals surface area contributed by atoms with E-state index in [0.717, 1.165) is 23.1 Å². The molecule has 1 aliphatic heterocycles. The van der Waals surface area contributed by atoms with Crippen molar-refractivity contribution < 1.29 is 15.0 Å². The highest BCUT2D eigenvalue weighted by Gasteiger charge is 2.67. The number of aliphatic hydroxyl groups excluding tert-OH is 2. The van der Waals surface area contributed by atoms with Crippen LogP contribution in [0.3, 0.4) is 0 Å². The van der Waals surface area contributed by atoms with E-state index in [1.54, 1.807) is 6.08 Å². The molecular formula is C28H35NO3. The van der Waals surface area contributed by atoms with E-state index in [1.807, 2.05) is 44.2 Å². The van der Waals surface area contributed by atoms with Gasteiger partial charge in [0.2, 0.25) is 5.91 Å². The molecule has 2 aliphatic carbocycles. The molecule has 8 unspecified atom stereocenters. The molecule has 4 rings (SSSR count). The average Bonchev–Trinajstić information content (AvgIpc) is 3.04. The summed E-state index contributed by atoms with van der Waals surface area (Å²) in [6, 6.07) is 9.96. The van der Waals surface area contributed by atoms with Crippen molar-refractivity contribution in [3.63, 3.8) is 0 Å². The molecule has 1 saturated carbocycles. The molecule has 3 N–H and O–H groups in total. The zero-order valence-electron chi connectivity index (χ0n) is 19.2. The first kappa shape index (κ1) is 22.8. The molecule has 4 nitrogen and oxygen atoms in total. The van der Waals surface area contributed by atoms with Gasteiger partial charge in [0.15, 0.2) is 0 Å². The Kier molecular flexibility index (Phi) is 6.28. The molecule has 3 aliphatic rings. The summed E-state index contributed by atoms with van der Waals surface area (Å²) in [5.74, 6) is -0.706. The van der Waals surface area contributed by atoms with Crippen LogP contribution in [0, 0.1) is 29.1 Å². The highest BCUT2D eigenvalue weighted by Crippen LogP contribution is 2.57. The Labute approximate surface area is 191 Å². The lowest BCUT2D eigenvalue weighted by atomic mass is 9.51. The quantitative estimate of drug-likeness (QED) is 0.618. The van der Waals surface area contributed by atoms with Gasteiger partial charge in [-0.1, -0.05) is 86.7 Å². The third-order valence-corrected chi connectivity index (χ3v) is 7.82. The Morgan fingerprint density at radius 2 is 1.88 bits per heavy atom. The molecule has 0 aromatic heterocycles. The van der Waals surface area contributed by atoms with Gasteiger partial charge in [0.1, 0.15) is 0 Å². The fraction of sp³-hybridized carbons (Fsp3) is 0.464. The average molecular weight is 434 g/mol. The second-order valence-corrected chi connectivity index (χ2v) is 9.92. The van der Waals surface area contributed by atoms with E-state index < -0.39 is 23.5 Å². The molecule has 1 aromatic carbocycles. The Balaban J connectivity index is 1.85. The second-order valence-electron chi connectivity index (χ2n) is 9.92. The third-order valence-electron chi connectivity index (χ3n) is 7.82. The molecule has 0 bridgehead atoms. The number of amides is 1. The first-order chi connectivity index (χ1) is 15.3. The summed E-state index contributed by atoms with van der Waals surface area (Å²) in [7, 11) is 0. The van der Waals surface area contributed by atoms with Gasteiger partial charge >= 0.3 is 0 Å². The number of rotatable bonds is 2. The Bertz CT molecular complexity index is 962. The first-order valence-corrected chi connectivity index (χ1v) is 11.7. The van der Waals surface area contributed by atoms with Crippen molar-refractivity contribution in [1.82, 2.24) is 5.32 Å². The maximum atomic E-state index is 13.8. The predicted octanol–water partition coefficient (Wildman–Crippen LogP) is 3.97. The van der Waals surface area contributed by atoms with Gasteiger partial charge in [-0.15, -0.1) is 0 Å². The number of benzene rings is 1. The molecule has 4 heteroatoms. The lowest BCUT2D eigenvalue weighted by molar-refractivity contribution is -0.147. The summed E-state index contributed by atoms with van der Waals surface area (Å²) in [5, 5.41) is 26.1. The fourth-order valence-corrected chi connectivity index (χ4v) is 6.25. The van der Waals surface area contributed by atoms with Gasteiger partial charge in [0, 0.05) is 17.9 Å². The topological polar surface area (TPSA) is 69.6 Å². The molecule has 0 radical (unpaired) electrons. The van der Waals surface area contributed by atoms with Gasteiger partial charge in [-0.3, -0.25) is 4.79 Å². The van der Waals surface area contributed by atoms with E-state index in [1.165, 1.54) is 0 Å². The van der Waals surface area contributed by atoms with Gasteiger partial charge in [0.05, 0.1) is 17.6 Å². The van der Waals surface area contributed by atoms with E-state index >= 15 is 0 Å². The highest BCUT2D eigenvalue weighted by molar-refractivity contribution is 5.88. The van der Waals surface area contributed by atoms with E-state index in [2.05, 4.69) is 43.1 Å². The minimum atomic E-state index is -1.15. The predicted molar refractivity (Wildman–Crippen MR) is 128 cm³/mol. The standard InChI is InChI=1S/C28H35NO3/c1-17-9-8-12-22-26(31)20(4)19(3)25-23(16-21-10-6-5-7-11-21)29-27(32)28(22,25)24(30)14-13-18(2)15-17/h5-8,10-15,17,19,22-26,30-31H,4,9,16H2,1-3H3,(H,29,32). The molecular weight excluding hydrogens is 398 g/mol. The van der Waals surface area contributed by atoms with Gasteiger partial charge in [-0.05, 0) is 42.7 Å². The second kappa shape index (κ2) is 8.84. The van der Waals surface area contributed by atoms with Crippen molar-refractivity contribution in [2.75, 3.05) is 0 Å². The van der Waals surface area contributed by atoms with Crippen molar-refractivity contribution in [1.29, 1.82) is 0 Å². The van der Waals surface area contributed by atoms with E-state index in [0.29, 0.717) is 12.3 Å². The largest absolute Gasteiger partial charge is 0.388 e. The van der Waals surface area contributed by atoms with E-state index in [9.17, 15) is 15.0 Å². The summed E-state index contributed by atoms with van der Waals surface area (Å²) >= 11 is 0. The molecule has 32 heavy (non-hydrogen) atoms. The van der Waals surface area contributed by atoms with Crippen molar-refractivity contribution in [3.8, 4) is 0 Å². The van der Waals surface area contributed by atoms with Crippen LogP contribution in [0.25, 0.3) is 0 Å². The minimum absolute atomic E-state index is 0.119. The van der Waals surface area contributed by atoms with Gasteiger partial charge in [0.25, 0.3) is 0 Å². The summed E-state index contributed by atoms with van der Waals surface area (Å²) in [4.78, 5) is 13.8. The zero-order valence-corrected chi connectivity index (χ0v) is 19.2. The lowest BCUT2D eigenvalue weighted by Crippen LogP contribution is -2.59. The molecule has 8 atom stereocenters. The van der Waals surface area contributed by atoms with Crippen LogP contribution < -0.4 is 5.32 Å². The molecule has 1 heterocycles. The van der Waals surface area contributed by atoms with Crippen LogP contribution in [0.4, 0.5) is 0 Å². The summed E-state index contributed by atoms with van der Waals surface area (Å²) in [6.45, 7) is 10.4. The summed E-state index contributed by atoms with van der Waals surface area (Å²) in [6.07, 6.45) is 9.42. The fourth-order valence-electron chi connectivity index (χ4n) is 6.25. The van der Waals surface area contributed by atoms with Crippen LogP contribution in [0.2, 0.25) is 0 Å². The number of nitrogens with one attached hydrogen (secondary N) is 1. The molecule has 1 saturated heterocycles. The van der Waals surface area contributed by atoms with Gasteiger partial charge < -0.3 is 15.5 Å².